The second kappa shape index (κ2) is 24.8. The zero-order valence-electron chi connectivity index (χ0n) is 57.9. The van der Waals surface area contributed by atoms with Crippen LogP contribution in [0, 0.1) is 0 Å². The number of anilines is 2. The number of hydrogen-bond donors (Lipinski definition) is 0. The van der Waals surface area contributed by atoms with Gasteiger partial charge in [0.15, 0.2) is 11.4 Å². The SMILES string of the molecule is CCCC[N+]1=C(/C=C/C=C2/N(C)c3ccc4ccccc4c3C2(C)Cc2ccccc2)C(C)(Cc2ccc(Oc3ccc(CC4(C)C(/C=C/C=C5/N(C)c6ccc7ccccc7c6C5(C)Cc5ccccc5)=[N+](C)c5ccc6ccccc6c54)cc3)cc2)c2c1ccc1ccccc21. The van der Waals surface area contributed by atoms with E-state index in [4.69, 9.17) is 4.74 Å². The predicted octanol–water partition coefficient (Wildman–Crippen LogP) is 21.9. The molecule has 0 bridgehead atoms. The molecule has 482 valence electrons. The van der Waals surface area contributed by atoms with Crippen molar-refractivity contribution in [1.82, 2.24) is 0 Å². The van der Waals surface area contributed by atoms with Gasteiger partial charge >= 0.3 is 0 Å². The van der Waals surface area contributed by atoms with Gasteiger partial charge in [0, 0.05) is 89.5 Å². The molecule has 0 aromatic heterocycles. The highest BCUT2D eigenvalue weighted by atomic mass is 16.5. The molecule has 12 aromatic carbocycles. The number of nitrogens with zero attached hydrogens (tertiary/aromatic N) is 4. The van der Waals surface area contributed by atoms with E-state index in [0.717, 1.165) is 56.6 Å². The number of fused-ring (bicyclic) bond motifs is 12. The summed E-state index contributed by atoms with van der Waals surface area (Å²) in [6.07, 6.45) is 20.0. The predicted molar refractivity (Wildman–Crippen MR) is 413 cm³/mol. The van der Waals surface area contributed by atoms with Crippen LogP contribution in [0.2, 0.25) is 0 Å². The molecule has 0 saturated heterocycles. The summed E-state index contributed by atoms with van der Waals surface area (Å²) < 4.78 is 11.9. The minimum atomic E-state index is -0.356. The second-order valence-electron chi connectivity index (χ2n) is 28.9. The highest BCUT2D eigenvalue weighted by Gasteiger charge is 2.51. The first-order valence-electron chi connectivity index (χ1n) is 35.3. The quantitative estimate of drug-likeness (QED) is 0.0848. The molecule has 5 heteroatoms. The summed E-state index contributed by atoms with van der Waals surface area (Å²) in [6, 6.07) is 94.0. The minimum absolute atomic E-state index is 0.269. The number of allylic oxidation sites excluding steroid dienone is 8. The van der Waals surface area contributed by atoms with E-state index in [-0.39, 0.29) is 21.7 Å². The van der Waals surface area contributed by atoms with Crippen molar-refractivity contribution in [3.8, 4) is 11.5 Å². The van der Waals surface area contributed by atoms with Crippen molar-refractivity contribution in [2.45, 2.75) is 94.8 Å². The Kier molecular flexibility index (Phi) is 15.7. The maximum Gasteiger partial charge on any atom is 0.210 e. The van der Waals surface area contributed by atoms with E-state index < -0.39 is 0 Å². The fourth-order valence-corrected chi connectivity index (χ4v) is 18.1. The zero-order valence-corrected chi connectivity index (χ0v) is 57.9. The molecule has 0 radical (unpaired) electrons. The molecule has 98 heavy (non-hydrogen) atoms. The molecule has 0 spiro atoms. The van der Waals surface area contributed by atoms with Gasteiger partial charge in [-0.05, 0) is 191 Å². The lowest BCUT2D eigenvalue weighted by molar-refractivity contribution is -0.438. The van der Waals surface area contributed by atoms with Crippen LogP contribution in [-0.2, 0) is 47.3 Å². The van der Waals surface area contributed by atoms with Gasteiger partial charge in [0.05, 0.1) is 10.8 Å². The lowest BCUT2D eigenvalue weighted by Gasteiger charge is -2.29. The van der Waals surface area contributed by atoms with Gasteiger partial charge in [-0.2, -0.15) is 9.15 Å². The first kappa shape index (κ1) is 62.2. The number of rotatable bonds is 17. The molecule has 4 aliphatic rings. The molecule has 4 unspecified atom stereocenters. The van der Waals surface area contributed by atoms with Crippen LogP contribution in [0.15, 0.2) is 303 Å². The van der Waals surface area contributed by atoms with E-state index in [0.29, 0.717) is 0 Å². The van der Waals surface area contributed by atoms with Crippen LogP contribution < -0.4 is 14.5 Å². The highest BCUT2D eigenvalue weighted by Crippen LogP contribution is 2.55. The lowest BCUT2D eigenvalue weighted by atomic mass is 9.72. The van der Waals surface area contributed by atoms with Crippen molar-refractivity contribution >= 4 is 77.3 Å². The normalized spacial score (nSPS) is 21.1. The first-order valence-corrected chi connectivity index (χ1v) is 35.3. The summed E-state index contributed by atoms with van der Waals surface area (Å²) in [6.45, 7) is 13.1. The van der Waals surface area contributed by atoms with Crippen LogP contribution in [0.25, 0.3) is 43.1 Å². The van der Waals surface area contributed by atoms with Crippen molar-refractivity contribution in [3.63, 3.8) is 0 Å². The fraction of sp³-hybridized carbons (Fsp3) is 0.204. The summed E-state index contributed by atoms with van der Waals surface area (Å²) in [4.78, 5) is 4.88. The summed E-state index contributed by atoms with van der Waals surface area (Å²) in [5, 5.41) is 10.3. The monoisotopic (exact) mass is 1270 g/mol. The van der Waals surface area contributed by atoms with E-state index in [9.17, 15) is 0 Å². The van der Waals surface area contributed by atoms with Gasteiger partial charge in [-0.25, -0.2) is 0 Å². The van der Waals surface area contributed by atoms with Gasteiger partial charge in [-0.15, -0.1) is 0 Å². The fourth-order valence-electron chi connectivity index (χ4n) is 18.1. The zero-order chi connectivity index (χ0) is 66.9. The van der Waals surface area contributed by atoms with Crippen LogP contribution >= 0.6 is 0 Å². The molecule has 0 amide bonds. The Bertz CT molecular complexity index is 5320. The second-order valence-corrected chi connectivity index (χ2v) is 28.9. The molecule has 4 atom stereocenters. The third-order valence-electron chi connectivity index (χ3n) is 22.6. The third-order valence-corrected chi connectivity index (χ3v) is 22.6. The van der Waals surface area contributed by atoms with Gasteiger partial charge < -0.3 is 14.5 Å². The van der Waals surface area contributed by atoms with E-state index in [2.05, 4.69) is 366 Å². The van der Waals surface area contributed by atoms with Crippen LogP contribution in [0.1, 0.15) is 92.0 Å². The molecule has 4 aliphatic heterocycles. The Morgan fingerprint density at radius 1 is 0.367 bits per heavy atom. The topological polar surface area (TPSA) is 21.7 Å². The Labute approximate surface area is 578 Å². The number of unbranched alkanes of at least 4 members (excludes halogenated alkanes) is 1. The summed E-state index contributed by atoms with van der Waals surface area (Å²) in [5.41, 5.74) is 19.8. The molecular formula is C93H86N4O+2. The average Bonchev–Trinajstić information content (AvgIpc) is 1.58. The van der Waals surface area contributed by atoms with Gasteiger partial charge in [-0.3, -0.25) is 0 Å². The largest absolute Gasteiger partial charge is 0.457 e. The molecular weight excluding hydrogens is 1190 g/mol. The maximum atomic E-state index is 6.78. The van der Waals surface area contributed by atoms with Gasteiger partial charge in [0.25, 0.3) is 0 Å². The number of hydrogen-bond acceptors (Lipinski definition) is 3. The van der Waals surface area contributed by atoms with Crippen LogP contribution in [0.4, 0.5) is 22.7 Å². The third kappa shape index (κ3) is 10.4. The van der Waals surface area contributed by atoms with Crippen LogP contribution in [-0.4, -0.2) is 48.3 Å². The maximum absolute atomic E-state index is 6.78. The van der Waals surface area contributed by atoms with Crippen molar-refractivity contribution < 1.29 is 13.9 Å². The van der Waals surface area contributed by atoms with E-state index in [1.165, 1.54) is 133 Å². The molecule has 5 nitrogen and oxygen atoms in total. The van der Waals surface area contributed by atoms with Crippen LogP contribution in [0.5, 0.6) is 11.5 Å². The minimum Gasteiger partial charge on any atom is -0.457 e. The molecule has 0 N–H and O–H groups in total. The summed E-state index contributed by atoms with van der Waals surface area (Å²) in [5.74, 6) is 1.64. The number of ether oxygens (including phenoxy) is 1. The number of benzene rings is 12. The van der Waals surface area contributed by atoms with Crippen molar-refractivity contribution in [2.75, 3.05) is 37.5 Å². The molecule has 0 aliphatic carbocycles. The number of likely N-dealkylation sites (N-methyl/N-ethyl adjacent to an activating group) is 2. The molecule has 16 rings (SSSR count). The average molecular weight is 1280 g/mol. The van der Waals surface area contributed by atoms with Crippen molar-refractivity contribution in [1.29, 1.82) is 0 Å². The Morgan fingerprint density at radius 3 is 1.17 bits per heavy atom. The lowest BCUT2D eigenvalue weighted by Crippen LogP contribution is -2.34. The Morgan fingerprint density at radius 2 is 0.724 bits per heavy atom. The highest BCUT2D eigenvalue weighted by molar-refractivity contribution is 6.10. The van der Waals surface area contributed by atoms with Gasteiger partial charge in [-0.1, -0.05) is 220 Å². The van der Waals surface area contributed by atoms with Gasteiger partial charge in [0.2, 0.25) is 11.4 Å². The summed E-state index contributed by atoms with van der Waals surface area (Å²) in [7, 11) is 6.76. The van der Waals surface area contributed by atoms with Crippen molar-refractivity contribution in [2.24, 2.45) is 0 Å². The van der Waals surface area contributed by atoms with E-state index >= 15 is 0 Å². The molecule has 0 saturated carbocycles. The van der Waals surface area contributed by atoms with E-state index in [1.807, 2.05) is 0 Å². The first-order chi connectivity index (χ1) is 47.8. The molecule has 0 fully saturated rings. The smallest absolute Gasteiger partial charge is 0.210 e. The Balaban J connectivity index is 0.693. The van der Waals surface area contributed by atoms with E-state index in [1.54, 1.807) is 0 Å². The Hall–Kier alpha value is -10.6. The van der Waals surface area contributed by atoms with Crippen molar-refractivity contribution in [3.05, 3.63) is 347 Å². The van der Waals surface area contributed by atoms with Gasteiger partial charge in [0.1, 0.15) is 25.1 Å². The van der Waals surface area contributed by atoms with Crippen LogP contribution in [0.3, 0.4) is 0 Å². The summed E-state index contributed by atoms with van der Waals surface area (Å²) >= 11 is 0. The standard InChI is InChI=1S/C93H86N4O/c1-9-10-59-97-81-58-50-71-34-20-24-38-77(71)89(81)93(5,85(97)42-26-41-84-91(3,61-65-29-15-12-16-30-65)87-75-36-22-18-32-69(75)48-56-79(87)96(84)8)63-67-45-53-73(54-46-67)98-72-51-43-66(44-52-72)62-92(4)83(95(7)80-57-49-70-33-19-23-37-76(70)88(80)92)40-25-39-82-90(2,60-64-27-13-11-14-28-64)86-74-35-21-17-31-68(74)47-55-78(86)94(82)6/h11-58H,9-10,59-63H2,1-8H3/q+2. The molecule has 4 heterocycles. The molecule has 12 aromatic rings.